The zero-order chi connectivity index (χ0) is 39.2. The van der Waals surface area contributed by atoms with E-state index in [1.54, 1.807) is 0 Å². The maximum atomic E-state index is 5.46. The van der Waals surface area contributed by atoms with Crippen molar-refractivity contribution in [3.63, 3.8) is 0 Å². The molecule has 11 aromatic rings. The topological polar surface area (TPSA) is 30.7 Å². The third-order valence-electron chi connectivity index (χ3n) is 10.9. The van der Waals surface area contributed by atoms with Crippen LogP contribution in [-0.2, 0) is 20.1 Å². The monoisotopic (exact) mass is 1020 g/mol. The molecule has 0 aliphatic heterocycles. The number of benzene rings is 8. The number of aromatic nitrogens is 3. The van der Waals surface area contributed by atoms with Crippen LogP contribution in [0.4, 0.5) is 0 Å². The molecule has 0 saturated carbocycles. The summed E-state index contributed by atoms with van der Waals surface area (Å²) in [5.41, 5.74) is 8.66. The number of rotatable bonds is 5. The van der Waals surface area contributed by atoms with Crippen LogP contribution in [0.3, 0.4) is 0 Å². The van der Waals surface area contributed by atoms with Gasteiger partial charge in [0, 0.05) is 35.9 Å². The van der Waals surface area contributed by atoms with Gasteiger partial charge in [0.1, 0.15) is 0 Å². The second-order valence-electron chi connectivity index (χ2n) is 15.7. The second kappa shape index (κ2) is 16.2. The van der Waals surface area contributed by atoms with Gasteiger partial charge in [0.25, 0.3) is 0 Å². The van der Waals surface area contributed by atoms with E-state index in [0.29, 0.717) is 0 Å². The van der Waals surface area contributed by atoms with Crippen molar-refractivity contribution in [3.05, 3.63) is 194 Å². The van der Waals surface area contributed by atoms with E-state index in [1.807, 2.05) is 47.9 Å². The van der Waals surface area contributed by atoms with Gasteiger partial charge in [-0.1, -0.05) is 114 Å². The number of imidazole rings is 1. The van der Waals surface area contributed by atoms with E-state index in [4.69, 9.17) is 4.98 Å². The fraction of sp³-hybridized carbons (Fsp3) is 0.0566. The van der Waals surface area contributed by atoms with Gasteiger partial charge in [-0.3, -0.25) is 4.98 Å². The van der Waals surface area contributed by atoms with Gasteiger partial charge in [-0.25, -0.2) is 0 Å². The summed E-state index contributed by atoms with van der Waals surface area (Å²) in [6.45, 7) is 0. The molecule has 3 nitrogen and oxygen atoms in total. The summed E-state index contributed by atoms with van der Waals surface area (Å²) in [6.07, 6.45) is 2.04. The standard InChI is InChI=1S/C39H23N2S.C14H16GeN.Ir/c1-2-10-25(11-3-1)27-13-8-14-28(24-27)41-35-23-22-30-29-15-5-4-12-26(29)20-21-32(30)37(35)40-39(41)34-18-9-17-33-31-16-6-7-19-36(31)42-38(33)34;1-15(2,3)13-9-10-14(16-11-13)12-7-5-4-6-8-12;/h1-17,19-24H;4-7,9-11H,1-3H3;/q2*-1;. The first-order chi connectivity index (χ1) is 28.4. The van der Waals surface area contributed by atoms with Crippen molar-refractivity contribution in [2.24, 2.45) is 0 Å². The van der Waals surface area contributed by atoms with Crippen molar-refractivity contribution < 1.29 is 20.1 Å². The van der Waals surface area contributed by atoms with E-state index >= 15 is 0 Å². The minimum Gasteiger partial charge on any atom is -0.333 e. The molecule has 0 N–H and O–H groups in total. The summed E-state index contributed by atoms with van der Waals surface area (Å²) in [6, 6.07) is 68.9. The average Bonchev–Trinajstić information content (AvgIpc) is 3.86. The van der Waals surface area contributed by atoms with Crippen LogP contribution >= 0.6 is 11.3 Å². The molecule has 8 aromatic carbocycles. The molecule has 1 radical (unpaired) electrons. The molecule has 0 saturated heterocycles. The number of pyridine rings is 1. The average molecular weight is 1010 g/mol. The summed E-state index contributed by atoms with van der Waals surface area (Å²) in [5, 5.41) is 7.39. The predicted molar refractivity (Wildman–Crippen MR) is 250 cm³/mol. The third-order valence-corrected chi connectivity index (χ3v) is 16.4. The molecule has 0 spiro atoms. The number of hydrogen-bond acceptors (Lipinski definition) is 3. The minimum absolute atomic E-state index is 0. The molecule has 0 bridgehead atoms. The van der Waals surface area contributed by atoms with Gasteiger partial charge in [-0.15, -0.1) is 18.2 Å². The fourth-order valence-electron chi connectivity index (χ4n) is 7.92. The molecule has 3 heterocycles. The van der Waals surface area contributed by atoms with E-state index in [9.17, 15) is 0 Å². The van der Waals surface area contributed by atoms with Crippen LogP contribution in [0.1, 0.15) is 0 Å². The minimum atomic E-state index is -1.72. The Morgan fingerprint density at radius 2 is 1.34 bits per heavy atom. The summed E-state index contributed by atoms with van der Waals surface area (Å²) in [7, 11) is 0. The van der Waals surface area contributed by atoms with Crippen molar-refractivity contribution in [2.75, 3.05) is 0 Å². The van der Waals surface area contributed by atoms with Crippen LogP contribution in [-0.4, -0.2) is 27.8 Å². The van der Waals surface area contributed by atoms with Crippen molar-refractivity contribution in [1.29, 1.82) is 0 Å². The molecular weight excluding hydrogens is 975 g/mol. The Hall–Kier alpha value is -5.69. The number of hydrogen-bond donors (Lipinski definition) is 0. The molecule has 287 valence electrons. The number of fused-ring (bicyclic) bond motifs is 8. The molecule has 6 heteroatoms. The normalized spacial score (nSPS) is 11.5. The van der Waals surface area contributed by atoms with Gasteiger partial charge in [0.15, 0.2) is 0 Å². The Bertz CT molecular complexity index is 3260. The predicted octanol–water partition coefficient (Wildman–Crippen LogP) is 13.9. The van der Waals surface area contributed by atoms with Gasteiger partial charge in [-0.2, -0.15) is 11.3 Å². The second-order valence-corrected chi connectivity index (χ2v) is 27.4. The molecule has 0 aliphatic carbocycles. The van der Waals surface area contributed by atoms with Crippen LogP contribution in [0.25, 0.3) is 92.2 Å². The largest absolute Gasteiger partial charge is 0.333 e. The summed E-state index contributed by atoms with van der Waals surface area (Å²) < 4.78 is 6.26. The van der Waals surface area contributed by atoms with E-state index < -0.39 is 13.3 Å². The van der Waals surface area contributed by atoms with E-state index in [2.05, 4.69) is 185 Å². The van der Waals surface area contributed by atoms with Crippen LogP contribution < -0.4 is 4.40 Å². The fourth-order valence-corrected chi connectivity index (χ4v) is 11.3. The van der Waals surface area contributed by atoms with Crippen LogP contribution in [0.15, 0.2) is 182 Å². The molecule has 0 amide bonds. The Balaban J connectivity index is 0.000000224. The van der Waals surface area contributed by atoms with Crippen molar-refractivity contribution in [3.8, 4) is 39.5 Å². The Morgan fingerprint density at radius 3 is 2.14 bits per heavy atom. The van der Waals surface area contributed by atoms with Crippen molar-refractivity contribution in [1.82, 2.24) is 14.5 Å². The first-order valence-corrected chi connectivity index (χ1v) is 27.8. The maximum Gasteiger partial charge on any atom is 0.0852 e. The molecule has 11 rings (SSSR count). The Labute approximate surface area is 364 Å². The Kier molecular flexibility index (Phi) is 10.6. The molecule has 0 fully saturated rings. The van der Waals surface area contributed by atoms with Gasteiger partial charge in [0.05, 0.1) is 16.9 Å². The molecule has 0 aliphatic rings. The first kappa shape index (κ1) is 38.8. The van der Waals surface area contributed by atoms with Gasteiger partial charge >= 0.3 is 99.8 Å². The Morgan fingerprint density at radius 1 is 0.576 bits per heavy atom. The third kappa shape index (κ3) is 7.34. The van der Waals surface area contributed by atoms with Crippen LogP contribution in [0.5, 0.6) is 0 Å². The van der Waals surface area contributed by atoms with Gasteiger partial charge in [0.2, 0.25) is 0 Å². The summed E-state index contributed by atoms with van der Waals surface area (Å²) in [4.78, 5) is 9.99. The van der Waals surface area contributed by atoms with E-state index in [1.165, 1.54) is 51.9 Å². The van der Waals surface area contributed by atoms with Crippen LogP contribution in [0, 0.1) is 12.1 Å². The zero-order valence-electron chi connectivity index (χ0n) is 32.9. The maximum absolute atomic E-state index is 5.46. The van der Waals surface area contributed by atoms with Gasteiger partial charge < -0.3 is 4.57 Å². The summed E-state index contributed by atoms with van der Waals surface area (Å²) in [5.74, 6) is 8.05. The number of nitrogens with zero attached hydrogens (tertiary/aromatic N) is 3. The van der Waals surface area contributed by atoms with Gasteiger partial charge in [-0.05, 0) is 61.6 Å². The molecular formula is C53H39GeIrN3S-2. The van der Waals surface area contributed by atoms with Crippen molar-refractivity contribution >= 4 is 81.7 Å². The SMILES string of the molecule is [CH3][Ge]([CH3])([CH3])[c]1ccc(-c2[c-]cccc2)nc1.[Ir].[c-]1ccc2c(sc3ccccc32)c1-c1nc2c3ccc4ccccc4c3ccc2n1-c1cccc(-c2ccccc2)c1. The number of thiophene rings is 1. The summed E-state index contributed by atoms with van der Waals surface area (Å²) >= 11 is 0.102. The van der Waals surface area contributed by atoms with E-state index in [0.717, 1.165) is 44.8 Å². The first-order valence-electron chi connectivity index (χ1n) is 19.7. The molecule has 3 aromatic heterocycles. The molecule has 59 heavy (non-hydrogen) atoms. The van der Waals surface area contributed by atoms with E-state index in [-0.39, 0.29) is 20.1 Å². The van der Waals surface area contributed by atoms with Crippen LogP contribution in [0.2, 0.25) is 17.3 Å². The smallest absolute Gasteiger partial charge is 0.0852 e. The quantitative estimate of drug-likeness (QED) is 0.0977. The molecule has 0 unspecified atom stereocenters. The van der Waals surface area contributed by atoms with Crippen molar-refractivity contribution in [2.45, 2.75) is 17.3 Å². The zero-order valence-corrected chi connectivity index (χ0v) is 38.2. The molecule has 0 atom stereocenters.